The molecule has 37 heavy (non-hydrogen) atoms. The minimum absolute atomic E-state index is 0.0376. The van der Waals surface area contributed by atoms with E-state index in [0.717, 1.165) is 10.5 Å². The van der Waals surface area contributed by atoms with Crippen LogP contribution in [0.15, 0.2) is 70.0 Å². The van der Waals surface area contributed by atoms with Crippen LogP contribution in [-0.2, 0) is 16.2 Å². The maximum Gasteiger partial charge on any atom is 0.294 e. The number of benzene rings is 3. The van der Waals surface area contributed by atoms with E-state index in [4.69, 9.17) is 21.1 Å². The molecule has 190 valence electrons. The van der Waals surface area contributed by atoms with Gasteiger partial charge in [-0.3, -0.25) is 19.3 Å². The van der Waals surface area contributed by atoms with Gasteiger partial charge in [-0.15, -0.1) is 0 Å². The number of rotatable bonds is 8. The van der Waals surface area contributed by atoms with Crippen molar-refractivity contribution in [2.45, 2.75) is 6.61 Å². The Bertz CT molecular complexity index is 1400. The Kier molecular flexibility index (Phi) is 8.52. The molecule has 0 saturated carbocycles. The van der Waals surface area contributed by atoms with Crippen molar-refractivity contribution in [1.29, 1.82) is 0 Å². The number of imide groups is 1. The Hall–Kier alpha value is -3.34. The zero-order valence-corrected chi connectivity index (χ0v) is 22.5. The molecule has 1 aliphatic heterocycles. The summed E-state index contributed by atoms with van der Waals surface area (Å²) in [6.07, 6.45) is 1.52. The highest BCUT2D eigenvalue weighted by Gasteiger charge is 2.36. The van der Waals surface area contributed by atoms with Crippen molar-refractivity contribution in [3.63, 3.8) is 0 Å². The largest absolute Gasteiger partial charge is 0.493 e. The third-order valence-electron chi connectivity index (χ3n) is 5.20. The SMILES string of the molecule is COc1cc(/C=C2\SC(=O)N(CC(=O)Nc3ccccc3F)C2=O)c(Br)cc1OCc1ccc(Cl)cc1. The van der Waals surface area contributed by atoms with Crippen LogP contribution in [0.2, 0.25) is 5.02 Å². The van der Waals surface area contributed by atoms with Crippen LogP contribution in [0.5, 0.6) is 11.5 Å². The zero-order valence-electron chi connectivity index (χ0n) is 19.3. The third kappa shape index (κ3) is 6.51. The minimum Gasteiger partial charge on any atom is -0.493 e. The summed E-state index contributed by atoms with van der Waals surface area (Å²) in [5.41, 5.74) is 1.45. The van der Waals surface area contributed by atoms with E-state index in [1.807, 2.05) is 12.1 Å². The molecule has 3 aromatic rings. The van der Waals surface area contributed by atoms with Crippen molar-refractivity contribution in [1.82, 2.24) is 4.90 Å². The summed E-state index contributed by atoms with van der Waals surface area (Å²) in [5, 5.41) is 2.39. The number of ether oxygens (including phenoxy) is 2. The van der Waals surface area contributed by atoms with E-state index in [9.17, 15) is 18.8 Å². The van der Waals surface area contributed by atoms with Gasteiger partial charge in [-0.2, -0.15) is 0 Å². The van der Waals surface area contributed by atoms with Gasteiger partial charge in [0.05, 0.1) is 17.7 Å². The first kappa shape index (κ1) is 26.7. The van der Waals surface area contributed by atoms with E-state index in [1.165, 1.54) is 31.4 Å². The van der Waals surface area contributed by atoms with E-state index in [2.05, 4.69) is 21.2 Å². The molecule has 1 aliphatic rings. The highest BCUT2D eigenvalue weighted by atomic mass is 79.9. The second-order valence-corrected chi connectivity index (χ2v) is 10.0. The van der Waals surface area contributed by atoms with Crippen LogP contribution in [0.1, 0.15) is 11.1 Å². The maximum atomic E-state index is 13.8. The summed E-state index contributed by atoms with van der Waals surface area (Å²) in [7, 11) is 1.49. The molecule has 0 aromatic heterocycles. The van der Waals surface area contributed by atoms with Crippen LogP contribution < -0.4 is 14.8 Å². The number of methoxy groups -OCH3 is 1. The van der Waals surface area contributed by atoms with Gasteiger partial charge < -0.3 is 14.8 Å². The molecular formula is C26H19BrClFN2O5S. The van der Waals surface area contributed by atoms with Gasteiger partial charge in [-0.25, -0.2) is 4.39 Å². The maximum absolute atomic E-state index is 13.8. The van der Waals surface area contributed by atoms with Crippen molar-refractivity contribution in [2.24, 2.45) is 0 Å². The number of carbonyl (C=O) groups is 3. The molecule has 0 bridgehead atoms. The second kappa shape index (κ2) is 11.8. The summed E-state index contributed by atoms with van der Waals surface area (Å²) < 4.78 is 25.7. The van der Waals surface area contributed by atoms with Gasteiger partial charge in [-0.1, -0.05) is 51.8 Å². The number of carbonyl (C=O) groups excluding carboxylic acids is 3. The molecule has 11 heteroatoms. The average Bonchev–Trinajstić information content (AvgIpc) is 3.13. The lowest BCUT2D eigenvalue weighted by Crippen LogP contribution is -2.36. The number of hydrogen-bond donors (Lipinski definition) is 1. The van der Waals surface area contributed by atoms with Crippen molar-refractivity contribution < 1.29 is 28.2 Å². The molecule has 4 rings (SSSR count). The van der Waals surface area contributed by atoms with E-state index in [-0.39, 0.29) is 17.2 Å². The summed E-state index contributed by atoms with van der Waals surface area (Å²) in [6, 6.07) is 16.2. The molecular weight excluding hydrogens is 587 g/mol. The molecule has 1 heterocycles. The molecule has 1 N–H and O–H groups in total. The molecule has 0 unspecified atom stereocenters. The van der Waals surface area contributed by atoms with Crippen molar-refractivity contribution in [3.05, 3.63) is 92.0 Å². The molecule has 1 fully saturated rings. The molecule has 0 radical (unpaired) electrons. The monoisotopic (exact) mass is 604 g/mol. The van der Waals surface area contributed by atoms with Crippen LogP contribution in [0.3, 0.4) is 0 Å². The number of thioether (sulfide) groups is 1. The van der Waals surface area contributed by atoms with Crippen LogP contribution in [-0.4, -0.2) is 35.6 Å². The zero-order chi connectivity index (χ0) is 26.5. The number of anilines is 1. The first-order valence-electron chi connectivity index (χ1n) is 10.8. The number of nitrogens with one attached hydrogen (secondary N) is 1. The fourth-order valence-corrected chi connectivity index (χ4v) is 4.74. The standard InChI is InChI=1S/C26H19BrClFN2O5S/c1-35-21-10-16(18(27)12-22(21)36-14-15-6-8-17(28)9-7-15)11-23-25(33)31(26(34)37-23)13-24(32)30-20-5-3-2-4-19(20)29/h2-12H,13-14H2,1H3,(H,30,32)/b23-11-. The third-order valence-corrected chi connectivity index (χ3v) is 7.05. The van der Waals surface area contributed by atoms with Gasteiger partial charge in [0.15, 0.2) is 11.5 Å². The van der Waals surface area contributed by atoms with Crippen LogP contribution in [0.25, 0.3) is 6.08 Å². The molecule has 0 aliphatic carbocycles. The topological polar surface area (TPSA) is 84.9 Å². The van der Waals surface area contributed by atoms with E-state index in [0.29, 0.717) is 38.3 Å². The van der Waals surface area contributed by atoms with Crippen LogP contribution >= 0.6 is 39.3 Å². The lowest BCUT2D eigenvalue weighted by atomic mass is 10.1. The van der Waals surface area contributed by atoms with Gasteiger partial charge in [0, 0.05) is 9.50 Å². The summed E-state index contributed by atoms with van der Waals surface area (Å²) in [6.45, 7) is -0.258. The Morgan fingerprint density at radius 1 is 1.14 bits per heavy atom. The molecule has 0 atom stereocenters. The Morgan fingerprint density at radius 2 is 1.86 bits per heavy atom. The number of hydrogen-bond acceptors (Lipinski definition) is 6. The first-order valence-corrected chi connectivity index (χ1v) is 12.8. The van der Waals surface area contributed by atoms with Crippen molar-refractivity contribution in [3.8, 4) is 11.5 Å². The molecule has 3 amide bonds. The van der Waals surface area contributed by atoms with Gasteiger partial charge in [0.1, 0.15) is 19.0 Å². The summed E-state index contributed by atoms with van der Waals surface area (Å²) in [4.78, 5) is 38.6. The Balaban J connectivity index is 1.47. The average molecular weight is 606 g/mol. The molecule has 1 saturated heterocycles. The number of para-hydroxylation sites is 1. The number of nitrogens with zero attached hydrogens (tertiary/aromatic N) is 1. The van der Waals surface area contributed by atoms with Crippen LogP contribution in [0, 0.1) is 5.82 Å². The fourth-order valence-electron chi connectivity index (χ4n) is 3.35. The Labute approximate surface area is 229 Å². The van der Waals surface area contributed by atoms with Crippen molar-refractivity contribution >= 4 is 68.1 Å². The lowest BCUT2D eigenvalue weighted by Gasteiger charge is -2.13. The van der Waals surface area contributed by atoms with Gasteiger partial charge in [0.2, 0.25) is 5.91 Å². The van der Waals surface area contributed by atoms with Gasteiger partial charge >= 0.3 is 0 Å². The van der Waals surface area contributed by atoms with E-state index in [1.54, 1.807) is 30.3 Å². The predicted octanol–water partition coefficient (Wildman–Crippen LogP) is 6.50. The Morgan fingerprint density at radius 3 is 2.57 bits per heavy atom. The quantitative estimate of drug-likeness (QED) is 0.295. The highest BCUT2D eigenvalue weighted by molar-refractivity contribution is 9.10. The van der Waals surface area contributed by atoms with E-state index < -0.39 is 29.4 Å². The second-order valence-electron chi connectivity index (χ2n) is 7.74. The van der Waals surface area contributed by atoms with Crippen LogP contribution in [0.4, 0.5) is 14.9 Å². The lowest BCUT2D eigenvalue weighted by molar-refractivity contribution is -0.127. The van der Waals surface area contributed by atoms with Gasteiger partial charge in [-0.05, 0) is 65.4 Å². The van der Waals surface area contributed by atoms with E-state index >= 15 is 0 Å². The summed E-state index contributed by atoms with van der Waals surface area (Å²) in [5.74, 6) is -1.05. The molecule has 0 spiro atoms. The molecule has 3 aromatic carbocycles. The normalized spacial score (nSPS) is 14.3. The number of amides is 3. The summed E-state index contributed by atoms with van der Waals surface area (Å²) >= 11 is 10.1. The van der Waals surface area contributed by atoms with Gasteiger partial charge in [0.25, 0.3) is 11.1 Å². The smallest absolute Gasteiger partial charge is 0.294 e. The van der Waals surface area contributed by atoms with Crippen molar-refractivity contribution in [2.75, 3.05) is 19.0 Å². The fraction of sp³-hybridized carbons (Fsp3) is 0.115. The first-order chi connectivity index (χ1) is 17.7. The molecule has 7 nitrogen and oxygen atoms in total. The minimum atomic E-state index is -0.696. The highest BCUT2D eigenvalue weighted by Crippen LogP contribution is 2.38. The predicted molar refractivity (Wildman–Crippen MR) is 144 cm³/mol. The number of halogens is 3.